The summed E-state index contributed by atoms with van der Waals surface area (Å²) in [6.07, 6.45) is 10.7. The molecule has 0 amide bonds. The van der Waals surface area contributed by atoms with Gasteiger partial charge in [0.2, 0.25) is 5.82 Å². The van der Waals surface area contributed by atoms with Crippen molar-refractivity contribution in [3.8, 4) is 22.8 Å². The molecule has 3 aromatic heterocycles. The predicted molar refractivity (Wildman–Crippen MR) is 73.9 cm³/mol. The van der Waals surface area contributed by atoms with Gasteiger partial charge in [0.25, 0.3) is 0 Å². The lowest BCUT2D eigenvalue weighted by molar-refractivity contribution is 0.881. The molecule has 0 saturated heterocycles. The summed E-state index contributed by atoms with van der Waals surface area (Å²) in [7, 11) is 0. The van der Waals surface area contributed by atoms with Crippen LogP contribution < -0.4 is 0 Å². The number of aromatic amines is 1. The van der Waals surface area contributed by atoms with Gasteiger partial charge in [-0.15, -0.1) is 10.2 Å². The third kappa shape index (κ3) is 2.08. The van der Waals surface area contributed by atoms with E-state index < -0.39 is 0 Å². The zero-order valence-corrected chi connectivity index (χ0v) is 10.8. The van der Waals surface area contributed by atoms with Crippen LogP contribution in [0.1, 0.15) is 0 Å². The fourth-order valence-electron chi connectivity index (χ4n) is 2.13. The molecule has 8 heteroatoms. The lowest BCUT2D eigenvalue weighted by Gasteiger charge is -2.09. The summed E-state index contributed by atoms with van der Waals surface area (Å²) in [5.41, 5.74) is 2.77. The number of nitrogens with one attached hydrogen (secondary N) is 1. The molecule has 8 nitrogen and oxygen atoms in total. The summed E-state index contributed by atoms with van der Waals surface area (Å²) in [6, 6.07) is 5.99. The minimum absolute atomic E-state index is 0.540. The number of rotatable bonds is 3. The van der Waals surface area contributed by atoms with Gasteiger partial charge in [-0.2, -0.15) is 5.21 Å². The second-order valence-corrected chi connectivity index (χ2v) is 4.41. The largest absolute Gasteiger partial charge is 0.306 e. The van der Waals surface area contributed by atoms with Gasteiger partial charge in [-0.1, -0.05) is 0 Å². The summed E-state index contributed by atoms with van der Waals surface area (Å²) in [4.78, 5) is 8.15. The molecule has 3 heterocycles. The second kappa shape index (κ2) is 4.67. The van der Waals surface area contributed by atoms with Gasteiger partial charge in [0.05, 0.1) is 12.7 Å². The maximum Gasteiger partial charge on any atom is 0.204 e. The molecule has 0 aliphatic carbocycles. The number of H-pyrrole nitrogens is 1. The topological polar surface area (TPSA) is 90.1 Å². The maximum absolute atomic E-state index is 4.08. The number of hydrogen-bond acceptors (Lipinski definition) is 5. The highest BCUT2D eigenvalue weighted by atomic mass is 15.5. The van der Waals surface area contributed by atoms with Gasteiger partial charge in [-0.3, -0.25) is 0 Å². The van der Waals surface area contributed by atoms with Crippen LogP contribution in [0.4, 0.5) is 0 Å². The first-order valence-electron chi connectivity index (χ1n) is 6.26. The molecule has 0 radical (unpaired) electrons. The molecule has 4 rings (SSSR count). The molecule has 4 aromatic rings. The number of tetrazole rings is 1. The van der Waals surface area contributed by atoms with Crippen molar-refractivity contribution >= 4 is 0 Å². The highest BCUT2D eigenvalue weighted by Crippen LogP contribution is 2.23. The zero-order chi connectivity index (χ0) is 14.1. The quantitative estimate of drug-likeness (QED) is 0.609. The molecule has 0 spiro atoms. The molecule has 0 saturated carbocycles. The Hall–Kier alpha value is -3.29. The van der Waals surface area contributed by atoms with Crippen LogP contribution in [0, 0.1) is 0 Å². The van der Waals surface area contributed by atoms with Gasteiger partial charge in [0.15, 0.2) is 0 Å². The molecule has 0 unspecified atom stereocenters. The van der Waals surface area contributed by atoms with Crippen LogP contribution in [-0.4, -0.2) is 39.7 Å². The van der Waals surface area contributed by atoms with Gasteiger partial charge in [0.1, 0.15) is 0 Å². The van der Waals surface area contributed by atoms with E-state index in [1.807, 2.05) is 39.7 Å². The van der Waals surface area contributed by atoms with Crippen molar-refractivity contribution in [2.45, 2.75) is 0 Å². The van der Waals surface area contributed by atoms with Crippen molar-refractivity contribution in [2.75, 3.05) is 0 Å². The molecule has 0 fully saturated rings. The van der Waals surface area contributed by atoms with Gasteiger partial charge in [-0.25, -0.2) is 9.97 Å². The molecular weight excluding hydrogens is 268 g/mol. The molecular formula is C13H10N8. The third-order valence-electron chi connectivity index (χ3n) is 3.11. The molecule has 0 aliphatic heterocycles. The van der Waals surface area contributed by atoms with E-state index in [2.05, 4.69) is 30.6 Å². The summed E-state index contributed by atoms with van der Waals surface area (Å²) < 4.78 is 3.84. The summed E-state index contributed by atoms with van der Waals surface area (Å²) >= 11 is 0. The van der Waals surface area contributed by atoms with Gasteiger partial charge < -0.3 is 9.13 Å². The molecule has 1 N–H and O–H groups in total. The summed E-state index contributed by atoms with van der Waals surface area (Å²) in [5.74, 6) is 0.540. The summed E-state index contributed by atoms with van der Waals surface area (Å²) in [6.45, 7) is 0. The Kier molecular flexibility index (Phi) is 2.57. The Bertz CT molecular complexity index is 703. The Balaban J connectivity index is 1.92. The third-order valence-corrected chi connectivity index (χ3v) is 3.11. The number of nitrogens with zero attached hydrogens (tertiary/aromatic N) is 7. The SMILES string of the molecule is c1cn(-c2cc(-c3nn[nH]n3)cc(-n3ccnc3)c2)cn1. The van der Waals surface area contributed by atoms with E-state index in [0.717, 1.165) is 16.9 Å². The van der Waals surface area contributed by atoms with Gasteiger partial charge in [-0.05, 0) is 23.4 Å². The highest BCUT2D eigenvalue weighted by Gasteiger charge is 2.09. The van der Waals surface area contributed by atoms with Crippen LogP contribution >= 0.6 is 0 Å². The first-order chi connectivity index (χ1) is 10.4. The van der Waals surface area contributed by atoms with Crippen molar-refractivity contribution in [3.05, 3.63) is 55.6 Å². The van der Waals surface area contributed by atoms with Gasteiger partial charge in [0, 0.05) is 41.7 Å². The monoisotopic (exact) mass is 278 g/mol. The predicted octanol–water partition coefficient (Wildman–Crippen LogP) is 1.24. The van der Waals surface area contributed by atoms with Crippen molar-refractivity contribution in [1.29, 1.82) is 0 Å². The fraction of sp³-hybridized carbons (Fsp3) is 0. The minimum Gasteiger partial charge on any atom is -0.306 e. The van der Waals surface area contributed by atoms with E-state index in [1.54, 1.807) is 25.0 Å². The standard InChI is InChI=1S/C13H10N8/c1-3-20(8-14-1)11-5-10(13-16-18-19-17-13)6-12(7-11)21-4-2-15-9-21/h1-9H,(H,16,17,18,19). The summed E-state index contributed by atoms with van der Waals surface area (Å²) in [5, 5.41) is 14.1. The van der Waals surface area contributed by atoms with E-state index in [0.29, 0.717) is 5.82 Å². The average molecular weight is 278 g/mol. The Labute approximate surface area is 119 Å². The Morgan fingerprint density at radius 1 is 0.857 bits per heavy atom. The zero-order valence-electron chi connectivity index (χ0n) is 10.8. The van der Waals surface area contributed by atoms with Crippen LogP contribution in [0.3, 0.4) is 0 Å². The number of hydrogen-bond donors (Lipinski definition) is 1. The number of benzene rings is 1. The fourth-order valence-corrected chi connectivity index (χ4v) is 2.13. The van der Waals surface area contributed by atoms with Crippen LogP contribution in [0.5, 0.6) is 0 Å². The van der Waals surface area contributed by atoms with Crippen molar-refractivity contribution in [3.63, 3.8) is 0 Å². The molecule has 21 heavy (non-hydrogen) atoms. The normalized spacial score (nSPS) is 10.9. The van der Waals surface area contributed by atoms with Crippen LogP contribution in [0.2, 0.25) is 0 Å². The average Bonchev–Trinajstić information content (AvgIpc) is 3.29. The van der Waals surface area contributed by atoms with E-state index in [9.17, 15) is 0 Å². The highest BCUT2D eigenvalue weighted by molar-refractivity contribution is 5.63. The lowest BCUT2D eigenvalue weighted by atomic mass is 10.1. The molecule has 102 valence electrons. The lowest BCUT2D eigenvalue weighted by Crippen LogP contribution is -1.97. The van der Waals surface area contributed by atoms with Crippen LogP contribution in [-0.2, 0) is 0 Å². The maximum atomic E-state index is 4.08. The molecule has 0 atom stereocenters. The van der Waals surface area contributed by atoms with E-state index in [1.165, 1.54) is 0 Å². The van der Waals surface area contributed by atoms with E-state index >= 15 is 0 Å². The van der Waals surface area contributed by atoms with E-state index in [-0.39, 0.29) is 0 Å². The Morgan fingerprint density at radius 2 is 1.52 bits per heavy atom. The number of imidazole rings is 2. The first kappa shape index (κ1) is 11.5. The van der Waals surface area contributed by atoms with Gasteiger partial charge >= 0.3 is 0 Å². The Morgan fingerprint density at radius 3 is 2.00 bits per heavy atom. The minimum atomic E-state index is 0.540. The van der Waals surface area contributed by atoms with Crippen molar-refractivity contribution < 1.29 is 0 Å². The molecule has 0 aliphatic rings. The second-order valence-electron chi connectivity index (χ2n) is 4.41. The molecule has 0 bridgehead atoms. The van der Waals surface area contributed by atoms with Crippen LogP contribution in [0.15, 0.2) is 55.6 Å². The van der Waals surface area contributed by atoms with Crippen molar-refractivity contribution in [2.24, 2.45) is 0 Å². The first-order valence-corrected chi connectivity index (χ1v) is 6.26. The van der Waals surface area contributed by atoms with Crippen LogP contribution in [0.25, 0.3) is 22.8 Å². The number of aromatic nitrogens is 8. The molecule has 1 aromatic carbocycles. The van der Waals surface area contributed by atoms with Crippen molar-refractivity contribution in [1.82, 2.24) is 39.7 Å². The van der Waals surface area contributed by atoms with E-state index in [4.69, 9.17) is 0 Å². The smallest absolute Gasteiger partial charge is 0.204 e.